The summed E-state index contributed by atoms with van der Waals surface area (Å²) >= 11 is 0. The van der Waals surface area contributed by atoms with Gasteiger partial charge in [0.25, 0.3) is 0 Å². The Morgan fingerprint density at radius 2 is 1.09 bits per heavy atom. The molecule has 0 aliphatic heterocycles. The number of benzene rings is 4. The lowest BCUT2D eigenvalue weighted by atomic mass is 9.63. The monoisotopic (exact) mass is 714 g/mol. The predicted molar refractivity (Wildman–Crippen MR) is 205 cm³/mol. The first kappa shape index (κ1) is 37.0. The predicted octanol–water partition coefficient (Wildman–Crippen LogP) is 9.46. The van der Waals surface area contributed by atoms with E-state index in [4.69, 9.17) is 4.74 Å². The normalized spacial score (nSPS) is 15.9. The Morgan fingerprint density at radius 1 is 0.604 bits per heavy atom. The molecule has 2 aliphatic carbocycles. The van der Waals surface area contributed by atoms with Crippen LogP contribution >= 0.6 is 0 Å². The van der Waals surface area contributed by atoms with Crippen molar-refractivity contribution in [1.82, 2.24) is 0 Å². The van der Waals surface area contributed by atoms with E-state index >= 15 is 0 Å². The van der Waals surface area contributed by atoms with Crippen molar-refractivity contribution in [2.45, 2.75) is 79.6 Å². The number of fused-ring (bicyclic) bond motifs is 4. The number of allylic oxidation sites excluding steroid dienone is 5. The molecule has 0 saturated heterocycles. The third-order valence-electron chi connectivity index (χ3n) is 10.2. The van der Waals surface area contributed by atoms with E-state index in [1.54, 1.807) is 32.0 Å². The van der Waals surface area contributed by atoms with Crippen molar-refractivity contribution in [3.63, 3.8) is 0 Å². The van der Waals surface area contributed by atoms with Crippen molar-refractivity contribution in [3.05, 3.63) is 139 Å². The summed E-state index contributed by atoms with van der Waals surface area (Å²) < 4.78 is 6.02. The van der Waals surface area contributed by atoms with Crippen LogP contribution in [0.25, 0.3) is 0 Å². The maximum atomic E-state index is 14.4. The van der Waals surface area contributed by atoms with Gasteiger partial charge in [0.1, 0.15) is 41.1 Å². The first-order valence-electron chi connectivity index (χ1n) is 17.8. The van der Waals surface area contributed by atoms with Gasteiger partial charge in [-0.25, -0.2) is 0 Å². The highest BCUT2D eigenvalue weighted by atomic mass is 16.5. The topological polar surface area (TPSA) is 145 Å². The summed E-state index contributed by atoms with van der Waals surface area (Å²) in [6.07, 6.45) is 7.74. The minimum atomic E-state index is -0.894. The van der Waals surface area contributed by atoms with Gasteiger partial charge < -0.3 is 30.3 Å². The lowest BCUT2D eigenvalue weighted by Crippen LogP contribution is -2.30. The van der Waals surface area contributed by atoms with E-state index in [9.17, 15) is 35.1 Å². The number of ketones is 2. The van der Waals surface area contributed by atoms with E-state index in [0.29, 0.717) is 33.6 Å². The van der Waals surface area contributed by atoms with Gasteiger partial charge in [-0.05, 0) is 131 Å². The molecule has 0 heterocycles. The fraction of sp³-hybridized carbons (Fsp3) is 0.289. The molecule has 6 rings (SSSR count). The third-order valence-corrected chi connectivity index (χ3v) is 10.2. The summed E-state index contributed by atoms with van der Waals surface area (Å²) in [7, 11) is 0. The largest absolute Gasteiger partial charge is 0.508 e. The number of hydrogen-bond donors (Lipinski definition) is 5. The number of aryl methyl sites for hydroxylation is 2. The summed E-state index contributed by atoms with van der Waals surface area (Å²) in [6.45, 7) is 13.7. The number of carbonyl (C=O) groups excluding carboxylic acids is 2. The van der Waals surface area contributed by atoms with Crippen LogP contribution in [0.4, 0.5) is 0 Å². The molecular weight excluding hydrogens is 668 g/mol. The first-order valence-corrected chi connectivity index (χ1v) is 17.8. The lowest BCUT2D eigenvalue weighted by Gasteiger charge is -2.39. The zero-order valence-electron chi connectivity index (χ0n) is 31.2. The SMILES string of the molecule is CC(C)=CCCC(C)=CCc1c(O)cc2c(c1O)C(=O)c1c(O)cc(C)cc1[C@H]2[C@@H]1c2cc(C)cc(O)c2C(=O)c2c(O)cc(OCC=C(C)C)cc21. The summed E-state index contributed by atoms with van der Waals surface area (Å²) in [5.41, 5.74) is 6.17. The quantitative estimate of drug-likeness (QED) is 0.108. The second-order valence-corrected chi connectivity index (χ2v) is 14.9. The molecule has 274 valence electrons. The number of rotatable bonds is 9. The highest BCUT2D eigenvalue weighted by Crippen LogP contribution is 2.57. The number of ether oxygens (including phenoxy) is 1. The molecule has 0 radical (unpaired) electrons. The van der Waals surface area contributed by atoms with Crippen LogP contribution in [0.3, 0.4) is 0 Å². The number of carbonyl (C=O) groups is 2. The highest BCUT2D eigenvalue weighted by Gasteiger charge is 2.46. The number of aromatic hydroxyl groups is 5. The maximum Gasteiger partial charge on any atom is 0.201 e. The van der Waals surface area contributed by atoms with Crippen molar-refractivity contribution < 1.29 is 39.9 Å². The van der Waals surface area contributed by atoms with Crippen LogP contribution in [0.2, 0.25) is 0 Å². The van der Waals surface area contributed by atoms with Crippen molar-refractivity contribution in [2.24, 2.45) is 0 Å². The highest BCUT2D eigenvalue weighted by molar-refractivity contribution is 6.18. The Hall–Kier alpha value is -5.76. The smallest absolute Gasteiger partial charge is 0.201 e. The average Bonchev–Trinajstić information content (AvgIpc) is 3.04. The van der Waals surface area contributed by atoms with E-state index in [-0.39, 0.29) is 69.4 Å². The van der Waals surface area contributed by atoms with Crippen LogP contribution in [-0.4, -0.2) is 43.7 Å². The summed E-state index contributed by atoms with van der Waals surface area (Å²) in [4.78, 5) is 28.6. The van der Waals surface area contributed by atoms with Gasteiger partial charge in [0, 0.05) is 23.5 Å². The van der Waals surface area contributed by atoms with Gasteiger partial charge in [-0.2, -0.15) is 0 Å². The second-order valence-electron chi connectivity index (χ2n) is 14.9. The molecule has 0 fully saturated rings. The molecule has 0 unspecified atom stereocenters. The Kier molecular flexibility index (Phi) is 10.0. The van der Waals surface area contributed by atoms with E-state index in [1.165, 1.54) is 29.8 Å². The van der Waals surface area contributed by atoms with Crippen LogP contribution in [0, 0.1) is 13.8 Å². The van der Waals surface area contributed by atoms with Crippen LogP contribution < -0.4 is 4.74 Å². The molecule has 0 saturated carbocycles. The molecule has 4 aromatic carbocycles. The fourth-order valence-corrected chi connectivity index (χ4v) is 7.75. The van der Waals surface area contributed by atoms with Crippen LogP contribution in [-0.2, 0) is 6.42 Å². The second kappa shape index (κ2) is 14.3. The van der Waals surface area contributed by atoms with Gasteiger partial charge in [-0.1, -0.05) is 41.0 Å². The molecule has 0 amide bonds. The van der Waals surface area contributed by atoms with Gasteiger partial charge in [0.2, 0.25) is 11.6 Å². The number of phenols is 5. The summed E-state index contributed by atoms with van der Waals surface area (Å²) in [6, 6.07) is 11.1. The minimum Gasteiger partial charge on any atom is -0.508 e. The molecule has 5 N–H and O–H groups in total. The Balaban J connectivity index is 1.63. The van der Waals surface area contributed by atoms with Crippen molar-refractivity contribution in [1.29, 1.82) is 0 Å². The molecule has 8 nitrogen and oxygen atoms in total. The van der Waals surface area contributed by atoms with E-state index in [2.05, 4.69) is 6.08 Å². The molecule has 2 atom stereocenters. The zero-order chi connectivity index (χ0) is 38.5. The van der Waals surface area contributed by atoms with E-state index in [1.807, 2.05) is 46.8 Å². The van der Waals surface area contributed by atoms with Crippen molar-refractivity contribution >= 4 is 11.6 Å². The molecule has 0 spiro atoms. The Labute approximate surface area is 310 Å². The fourth-order valence-electron chi connectivity index (χ4n) is 7.75. The molecule has 8 heteroatoms. The van der Waals surface area contributed by atoms with Crippen LogP contribution in [0.1, 0.15) is 130 Å². The van der Waals surface area contributed by atoms with Crippen LogP contribution in [0.15, 0.2) is 77.4 Å². The molecule has 0 bridgehead atoms. The molecular formula is C45H46O8. The van der Waals surface area contributed by atoms with Gasteiger partial charge >= 0.3 is 0 Å². The van der Waals surface area contributed by atoms with Gasteiger partial charge in [0.15, 0.2) is 0 Å². The van der Waals surface area contributed by atoms with Crippen molar-refractivity contribution in [2.75, 3.05) is 6.61 Å². The maximum absolute atomic E-state index is 14.4. The Morgan fingerprint density at radius 3 is 1.64 bits per heavy atom. The first-order chi connectivity index (χ1) is 25.1. The van der Waals surface area contributed by atoms with Gasteiger partial charge in [-0.15, -0.1) is 0 Å². The Bertz CT molecular complexity index is 2280. The number of hydrogen-bond acceptors (Lipinski definition) is 8. The van der Waals surface area contributed by atoms with Gasteiger partial charge in [0.05, 0.1) is 22.3 Å². The molecule has 53 heavy (non-hydrogen) atoms. The summed E-state index contributed by atoms with van der Waals surface area (Å²) in [5, 5.41) is 57.6. The van der Waals surface area contributed by atoms with E-state index < -0.39 is 29.2 Å². The van der Waals surface area contributed by atoms with Crippen LogP contribution in [0.5, 0.6) is 34.5 Å². The molecule has 0 aromatic heterocycles. The van der Waals surface area contributed by atoms with E-state index in [0.717, 1.165) is 24.0 Å². The summed E-state index contributed by atoms with van der Waals surface area (Å²) in [5.74, 6) is -4.14. The standard InChI is InChI=1S/C45H46O8/c1-22(2)9-8-10-24(5)11-12-28-33(46)21-32-38(30-16-26(7)18-35(48)40(30)45(52)42(32)43(28)50)37-29-15-25(6)17-34(47)39(29)44(51)41-31(37)19-27(20-36(41)49)53-14-13-23(3)4/h9,11,13,15-21,37-38,46-50H,8,10,12,14H2,1-7H3/t37-,38-/m1/s1. The van der Waals surface area contributed by atoms with Crippen molar-refractivity contribution in [3.8, 4) is 34.5 Å². The average molecular weight is 715 g/mol. The molecule has 2 aliphatic rings. The lowest BCUT2D eigenvalue weighted by molar-refractivity contribution is 0.101. The van der Waals surface area contributed by atoms with Gasteiger partial charge in [-0.3, -0.25) is 9.59 Å². The molecule has 4 aromatic rings. The third kappa shape index (κ3) is 6.81. The zero-order valence-corrected chi connectivity index (χ0v) is 31.2. The number of phenolic OH excluding ortho intramolecular Hbond substituents is 5. The minimum absolute atomic E-state index is 0.00253.